The van der Waals surface area contributed by atoms with E-state index in [4.69, 9.17) is 0 Å². The van der Waals surface area contributed by atoms with Gasteiger partial charge in [0.05, 0.1) is 5.69 Å². The average molecular weight is 491 g/mol. The lowest BCUT2D eigenvalue weighted by atomic mass is 10.2. The van der Waals surface area contributed by atoms with Crippen LogP contribution in [0.3, 0.4) is 0 Å². The third-order valence-electron chi connectivity index (χ3n) is 3.81. The molecule has 0 saturated carbocycles. The Bertz CT molecular complexity index is 869. The van der Waals surface area contributed by atoms with E-state index in [0.29, 0.717) is 11.7 Å². The first kappa shape index (κ1) is 19.6. The van der Waals surface area contributed by atoms with Gasteiger partial charge < -0.3 is 5.32 Å². The van der Waals surface area contributed by atoms with Gasteiger partial charge >= 0.3 is 0 Å². The lowest BCUT2D eigenvalue weighted by Gasteiger charge is -2.13. The number of para-hydroxylation sites is 1. The normalized spacial score (nSPS) is 18.0. The Hall–Kier alpha value is -2.13. The van der Waals surface area contributed by atoms with Crippen LogP contribution in [0, 0.1) is 3.57 Å². The van der Waals surface area contributed by atoms with Gasteiger partial charge in [0.25, 0.3) is 0 Å². The molecule has 0 aliphatic carbocycles. The van der Waals surface area contributed by atoms with Gasteiger partial charge in [-0.25, -0.2) is 4.99 Å². The van der Waals surface area contributed by atoms with Gasteiger partial charge in [0.1, 0.15) is 5.25 Å². The summed E-state index contributed by atoms with van der Waals surface area (Å²) in [6.07, 6.45) is 1.75. The van der Waals surface area contributed by atoms with Gasteiger partial charge in [-0.05, 0) is 59.0 Å². The molecule has 0 bridgehead atoms. The highest BCUT2D eigenvalue weighted by Gasteiger charge is 2.38. The van der Waals surface area contributed by atoms with Crippen molar-refractivity contribution in [1.29, 1.82) is 0 Å². The van der Waals surface area contributed by atoms with E-state index in [0.717, 1.165) is 14.9 Å². The van der Waals surface area contributed by atoms with E-state index in [1.807, 2.05) is 54.6 Å². The number of anilines is 1. The molecule has 138 valence electrons. The molecule has 1 aliphatic rings. The quantitative estimate of drug-likeness (QED) is 0.480. The summed E-state index contributed by atoms with van der Waals surface area (Å²) in [4.78, 5) is 31.2. The molecule has 1 fully saturated rings. The van der Waals surface area contributed by atoms with Crippen molar-refractivity contribution in [2.45, 2.75) is 11.7 Å². The smallest absolute Gasteiger partial charge is 0.242 e. The number of nitrogens with one attached hydrogen (secondary N) is 1. The summed E-state index contributed by atoms with van der Waals surface area (Å²) in [6.45, 7) is 4.08. The number of aliphatic imine (C=N–C) groups is 1. The lowest BCUT2D eigenvalue weighted by Crippen LogP contribution is -2.33. The first-order valence-electron chi connectivity index (χ1n) is 8.35. The molecule has 0 radical (unpaired) electrons. The molecular formula is C20H18IN3O2S. The third-order valence-corrected chi connectivity index (χ3v) is 5.71. The number of carbonyl (C=O) groups excluding carboxylic acids is 2. The molecular weight excluding hydrogens is 473 g/mol. The van der Waals surface area contributed by atoms with Gasteiger partial charge in [-0.2, -0.15) is 0 Å². The zero-order valence-corrected chi connectivity index (χ0v) is 17.4. The summed E-state index contributed by atoms with van der Waals surface area (Å²) >= 11 is 3.53. The van der Waals surface area contributed by atoms with E-state index in [1.165, 1.54) is 11.8 Å². The number of amidine groups is 1. The molecule has 1 N–H and O–H groups in total. The van der Waals surface area contributed by atoms with Gasteiger partial charge in [-0.1, -0.05) is 36.0 Å². The Morgan fingerprint density at radius 3 is 2.59 bits per heavy atom. The first-order valence-corrected chi connectivity index (χ1v) is 10.3. The zero-order chi connectivity index (χ0) is 19.2. The Morgan fingerprint density at radius 2 is 1.93 bits per heavy atom. The standard InChI is InChI=1S/C20H18IN3O2S/c1-2-12-24-19(26)17(27-20(24)23-15-6-4-3-5-7-15)13-18(25)22-16-10-8-14(21)9-11-16/h2-11,17H,1,12-13H2,(H,22,25). The number of halogens is 1. The van der Waals surface area contributed by atoms with Crippen molar-refractivity contribution in [3.63, 3.8) is 0 Å². The van der Waals surface area contributed by atoms with Crippen molar-refractivity contribution < 1.29 is 9.59 Å². The van der Waals surface area contributed by atoms with Crippen molar-refractivity contribution in [1.82, 2.24) is 4.90 Å². The minimum Gasteiger partial charge on any atom is -0.326 e. The zero-order valence-electron chi connectivity index (χ0n) is 14.5. The second-order valence-electron chi connectivity index (χ2n) is 5.83. The van der Waals surface area contributed by atoms with Gasteiger partial charge in [-0.15, -0.1) is 6.58 Å². The average Bonchev–Trinajstić information content (AvgIpc) is 2.93. The molecule has 2 aromatic rings. The topological polar surface area (TPSA) is 61.8 Å². The van der Waals surface area contributed by atoms with Gasteiger partial charge in [0.15, 0.2) is 5.17 Å². The second kappa shape index (κ2) is 9.18. The molecule has 0 spiro atoms. The van der Waals surface area contributed by atoms with Gasteiger partial charge in [0, 0.05) is 22.2 Å². The van der Waals surface area contributed by atoms with E-state index in [-0.39, 0.29) is 18.2 Å². The van der Waals surface area contributed by atoms with Crippen molar-refractivity contribution in [3.8, 4) is 0 Å². The highest BCUT2D eigenvalue weighted by Crippen LogP contribution is 2.31. The maximum atomic E-state index is 12.7. The van der Waals surface area contributed by atoms with Crippen LogP contribution in [-0.2, 0) is 9.59 Å². The molecule has 1 unspecified atom stereocenters. The minimum absolute atomic E-state index is 0.0942. The Balaban J connectivity index is 1.71. The van der Waals surface area contributed by atoms with Crippen LogP contribution in [0.1, 0.15) is 6.42 Å². The number of nitrogens with zero attached hydrogens (tertiary/aromatic N) is 2. The van der Waals surface area contributed by atoms with E-state index < -0.39 is 5.25 Å². The lowest BCUT2D eigenvalue weighted by molar-refractivity contribution is -0.127. The number of hydrogen-bond donors (Lipinski definition) is 1. The molecule has 1 atom stereocenters. The fourth-order valence-corrected chi connectivity index (χ4v) is 4.08. The summed E-state index contributed by atoms with van der Waals surface area (Å²) < 4.78 is 1.09. The minimum atomic E-state index is -0.490. The van der Waals surface area contributed by atoms with Crippen LogP contribution in [0.25, 0.3) is 0 Å². The van der Waals surface area contributed by atoms with E-state index in [1.54, 1.807) is 11.0 Å². The highest BCUT2D eigenvalue weighted by molar-refractivity contribution is 14.1. The van der Waals surface area contributed by atoms with Gasteiger partial charge in [-0.3, -0.25) is 14.5 Å². The Morgan fingerprint density at radius 1 is 1.22 bits per heavy atom. The summed E-state index contributed by atoms with van der Waals surface area (Å²) in [7, 11) is 0. The summed E-state index contributed by atoms with van der Waals surface area (Å²) in [5.74, 6) is -0.311. The highest BCUT2D eigenvalue weighted by atomic mass is 127. The van der Waals surface area contributed by atoms with Gasteiger partial charge in [0.2, 0.25) is 11.8 Å². The molecule has 7 heteroatoms. The molecule has 0 aromatic heterocycles. The fourth-order valence-electron chi connectivity index (χ4n) is 2.55. The number of thioether (sulfide) groups is 1. The largest absolute Gasteiger partial charge is 0.326 e. The molecule has 1 aliphatic heterocycles. The molecule has 3 rings (SSSR count). The van der Waals surface area contributed by atoms with E-state index >= 15 is 0 Å². The number of rotatable bonds is 6. The van der Waals surface area contributed by atoms with Crippen molar-refractivity contribution >= 4 is 62.7 Å². The SMILES string of the molecule is C=CCN1C(=O)C(CC(=O)Nc2ccc(I)cc2)SC1=Nc1ccccc1. The molecule has 5 nitrogen and oxygen atoms in total. The molecule has 27 heavy (non-hydrogen) atoms. The van der Waals surface area contributed by atoms with Crippen molar-refractivity contribution in [2.75, 3.05) is 11.9 Å². The maximum Gasteiger partial charge on any atom is 0.242 e. The molecule has 1 saturated heterocycles. The van der Waals surface area contributed by atoms with Crippen LogP contribution in [-0.4, -0.2) is 33.7 Å². The van der Waals surface area contributed by atoms with Crippen LogP contribution < -0.4 is 5.32 Å². The first-order chi connectivity index (χ1) is 13.1. The monoisotopic (exact) mass is 491 g/mol. The number of carbonyl (C=O) groups is 2. The maximum absolute atomic E-state index is 12.7. The number of amides is 2. The number of hydrogen-bond acceptors (Lipinski definition) is 4. The molecule has 2 aromatic carbocycles. The Kier molecular flexibility index (Phi) is 6.68. The van der Waals surface area contributed by atoms with Crippen molar-refractivity contribution in [3.05, 3.63) is 70.8 Å². The number of benzene rings is 2. The van der Waals surface area contributed by atoms with E-state index in [9.17, 15) is 9.59 Å². The second-order valence-corrected chi connectivity index (χ2v) is 8.25. The summed E-state index contributed by atoms with van der Waals surface area (Å²) in [6, 6.07) is 17.0. The predicted octanol–water partition coefficient (Wildman–Crippen LogP) is 4.44. The van der Waals surface area contributed by atoms with E-state index in [2.05, 4.69) is 39.5 Å². The van der Waals surface area contributed by atoms with Crippen molar-refractivity contribution in [2.24, 2.45) is 4.99 Å². The molecule has 1 heterocycles. The Labute approximate surface area is 176 Å². The van der Waals surface area contributed by atoms with Crippen LogP contribution in [0.15, 0.2) is 72.2 Å². The summed E-state index contributed by atoms with van der Waals surface area (Å²) in [5, 5.41) is 2.95. The van der Waals surface area contributed by atoms with Crippen LogP contribution >= 0.6 is 34.4 Å². The molecule has 2 amide bonds. The third kappa shape index (κ3) is 5.20. The van der Waals surface area contributed by atoms with Crippen LogP contribution in [0.4, 0.5) is 11.4 Å². The summed E-state index contributed by atoms with van der Waals surface area (Å²) in [5.41, 5.74) is 1.49. The van der Waals surface area contributed by atoms with Crippen LogP contribution in [0.2, 0.25) is 0 Å². The van der Waals surface area contributed by atoms with Crippen LogP contribution in [0.5, 0.6) is 0 Å². The predicted molar refractivity (Wildman–Crippen MR) is 119 cm³/mol. The fraction of sp³-hybridized carbons (Fsp3) is 0.150.